The smallest absolute Gasteiger partial charge is 0.227 e. The van der Waals surface area contributed by atoms with Gasteiger partial charge in [0.05, 0.1) is 17.0 Å². The number of nitrogens with one attached hydrogen (secondary N) is 1. The van der Waals surface area contributed by atoms with Gasteiger partial charge in [-0.3, -0.25) is 9.59 Å². The lowest BCUT2D eigenvalue weighted by Crippen LogP contribution is -2.45. The largest absolute Gasteiger partial charge is 0.342 e. The van der Waals surface area contributed by atoms with Crippen molar-refractivity contribution in [1.29, 1.82) is 0 Å². The molecule has 0 radical (unpaired) electrons. The molecule has 0 aliphatic carbocycles. The average molecular weight is 354 g/mol. The Hall–Kier alpha value is -2.37. The molecule has 2 amide bonds. The van der Waals surface area contributed by atoms with E-state index in [2.05, 4.69) is 29.9 Å². The van der Waals surface area contributed by atoms with Crippen molar-refractivity contribution in [2.45, 2.75) is 45.6 Å². The number of piperidine rings is 1. The molecule has 2 atom stereocenters. The van der Waals surface area contributed by atoms with E-state index in [4.69, 9.17) is 0 Å². The molecular weight excluding hydrogens is 328 g/mol. The van der Waals surface area contributed by atoms with E-state index in [9.17, 15) is 9.59 Å². The maximum atomic E-state index is 12.7. The molecule has 1 aromatic carbocycles. The van der Waals surface area contributed by atoms with Gasteiger partial charge in [-0.15, -0.1) is 0 Å². The van der Waals surface area contributed by atoms with Crippen LogP contribution in [0.5, 0.6) is 0 Å². The predicted molar refractivity (Wildman–Crippen MR) is 99.8 cm³/mol. The second-order valence-corrected chi connectivity index (χ2v) is 7.76. The minimum atomic E-state index is -0.0282. The Kier molecular flexibility index (Phi) is 4.21. The van der Waals surface area contributed by atoms with E-state index in [-0.39, 0.29) is 23.8 Å². The number of hydrogen-bond acceptors (Lipinski definition) is 3. The molecule has 6 nitrogen and oxygen atoms in total. The second-order valence-electron chi connectivity index (χ2n) is 7.76. The molecule has 0 saturated carbocycles. The Morgan fingerprint density at radius 1 is 1.27 bits per heavy atom. The lowest BCUT2D eigenvalue weighted by Gasteiger charge is -2.32. The van der Waals surface area contributed by atoms with Crippen LogP contribution in [0.2, 0.25) is 0 Å². The van der Waals surface area contributed by atoms with Crippen LogP contribution >= 0.6 is 0 Å². The highest BCUT2D eigenvalue weighted by Gasteiger charge is 2.39. The topological polar surface area (TPSA) is 69.3 Å². The summed E-state index contributed by atoms with van der Waals surface area (Å²) in [6.07, 6.45) is 2.93. The molecule has 3 aliphatic rings. The fourth-order valence-corrected chi connectivity index (χ4v) is 4.23. The fourth-order valence-electron chi connectivity index (χ4n) is 4.23. The molecule has 0 unspecified atom stereocenters. The molecule has 6 heteroatoms. The first-order valence-electron chi connectivity index (χ1n) is 9.43. The van der Waals surface area contributed by atoms with Gasteiger partial charge in [0, 0.05) is 39.0 Å². The number of carbonyl (C=O) groups excluding carboxylic acids is 2. The third kappa shape index (κ3) is 2.87. The minimum absolute atomic E-state index is 0.0282. The molecule has 26 heavy (non-hydrogen) atoms. The lowest BCUT2D eigenvalue weighted by atomic mass is 9.95. The number of imidazole rings is 1. The van der Waals surface area contributed by atoms with Gasteiger partial charge >= 0.3 is 0 Å². The summed E-state index contributed by atoms with van der Waals surface area (Å²) in [5.74, 6) is 1.14. The second kappa shape index (κ2) is 6.41. The zero-order valence-electron chi connectivity index (χ0n) is 15.7. The van der Waals surface area contributed by atoms with E-state index in [1.165, 1.54) is 11.1 Å². The number of aromatic nitrogens is 2. The quantitative estimate of drug-likeness (QED) is 0.919. The van der Waals surface area contributed by atoms with Crippen LogP contribution in [-0.2, 0) is 16.0 Å². The van der Waals surface area contributed by atoms with E-state index in [1.807, 2.05) is 22.9 Å². The molecule has 5 rings (SSSR count). The summed E-state index contributed by atoms with van der Waals surface area (Å²) in [7, 11) is 1.87. The summed E-state index contributed by atoms with van der Waals surface area (Å²) < 4.78 is 0. The van der Waals surface area contributed by atoms with E-state index >= 15 is 0 Å². The number of amides is 2. The summed E-state index contributed by atoms with van der Waals surface area (Å²) >= 11 is 0. The molecule has 2 aromatic rings. The highest BCUT2D eigenvalue weighted by molar-refractivity contribution is 5.83. The van der Waals surface area contributed by atoms with Crippen LogP contribution in [0.25, 0.3) is 11.0 Å². The van der Waals surface area contributed by atoms with Gasteiger partial charge in [0.1, 0.15) is 5.82 Å². The van der Waals surface area contributed by atoms with Crippen molar-refractivity contribution in [2.24, 2.45) is 5.92 Å². The number of rotatable bonds is 3. The lowest BCUT2D eigenvalue weighted by molar-refractivity contribution is -0.138. The first-order chi connectivity index (χ1) is 12.4. The highest BCUT2D eigenvalue weighted by atomic mass is 16.2. The Bertz CT molecular complexity index is 872. The Labute approximate surface area is 153 Å². The average Bonchev–Trinajstić information content (AvgIpc) is 2.86. The van der Waals surface area contributed by atoms with Crippen LogP contribution in [0.1, 0.15) is 36.2 Å². The van der Waals surface area contributed by atoms with Crippen molar-refractivity contribution >= 4 is 22.8 Å². The summed E-state index contributed by atoms with van der Waals surface area (Å²) in [4.78, 5) is 36.8. The molecule has 0 spiro atoms. The van der Waals surface area contributed by atoms with E-state index in [0.29, 0.717) is 25.9 Å². The Morgan fingerprint density at radius 3 is 2.88 bits per heavy atom. The monoisotopic (exact) mass is 354 g/mol. The Balaban J connectivity index is 1.44. The van der Waals surface area contributed by atoms with Crippen LogP contribution < -0.4 is 0 Å². The van der Waals surface area contributed by atoms with Crippen molar-refractivity contribution in [3.05, 3.63) is 29.1 Å². The molecule has 4 heterocycles. The van der Waals surface area contributed by atoms with Crippen LogP contribution in [0.3, 0.4) is 0 Å². The number of benzene rings is 1. The van der Waals surface area contributed by atoms with Gasteiger partial charge in [0.25, 0.3) is 0 Å². The normalized spacial score (nSPS) is 23.0. The molecule has 1 N–H and O–H groups in total. The zero-order chi connectivity index (χ0) is 18.4. The van der Waals surface area contributed by atoms with Crippen molar-refractivity contribution < 1.29 is 9.59 Å². The molecule has 3 fully saturated rings. The predicted octanol–water partition coefficient (Wildman–Crippen LogP) is 2.19. The molecular formula is C20H26N4O2. The van der Waals surface area contributed by atoms with Crippen molar-refractivity contribution in [3.63, 3.8) is 0 Å². The van der Waals surface area contributed by atoms with E-state index < -0.39 is 0 Å². The summed E-state index contributed by atoms with van der Waals surface area (Å²) in [5, 5.41) is 0. The van der Waals surface area contributed by atoms with E-state index in [0.717, 1.165) is 29.7 Å². The van der Waals surface area contributed by atoms with Gasteiger partial charge in [0.15, 0.2) is 0 Å². The fraction of sp³-hybridized carbons (Fsp3) is 0.550. The first kappa shape index (κ1) is 17.1. The number of aryl methyl sites for hydroxylation is 3. The van der Waals surface area contributed by atoms with Crippen LogP contribution in [0.15, 0.2) is 12.1 Å². The number of H-pyrrole nitrogens is 1. The van der Waals surface area contributed by atoms with Crippen molar-refractivity contribution in [3.8, 4) is 0 Å². The zero-order valence-corrected chi connectivity index (χ0v) is 15.7. The van der Waals surface area contributed by atoms with Gasteiger partial charge in [-0.2, -0.15) is 0 Å². The molecule has 1 aromatic heterocycles. The number of likely N-dealkylation sites (N-methyl/N-ethyl adjacent to an activating group) is 1. The third-order valence-electron chi connectivity index (χ3n) is 6.12. The summed E-state index contributed by atoms with van der Waals surface area (Å²) in [6, 6.07) is 4.30. The molecule has 2 bridgehead atoms. The van der Waals surface area contributed by atoms with Crippen molar-refractivity contribution in [2.75, 3.05) is 20.1 Å². The van der Waals surface area contributed by atoms with Gasteiger partial charge < -0.3 is 14.8 Å². The number of aromatic amines is 1. The van der Waals surface area contributed by atoms with Crippen LogP contribution in [0.4, 0.5) is 0 Å². The SMILES string of the molecule is Cc1ccc2[nH]c(CCC(=O)N3C[C@@H]4CC[C@H](C3)N(C)C4=O)nc2c1C. The third-order valence-corrected chi connectivity index (χ3v) is 6.12. The van der Waals surface area contributed by atoms with Crippen molar-refractivity contribution in [1.82, 2.24) is 19.8 Å². The number of nitrogens with zero attached hydrogens (tertiary/aromatic N) is 3. The Morgan fingerprint density at radius 2 is 2.08 bits per heavy atom. The minimum Gasteiger partial charge on any atom is -0.342 e. The standard InChI is InChI=1S/C20H26N4O2/c1-12-4-7-16-19(13(12)2)22-17(21-16)8-9-18(25)24-10-14-5-6-15(11-24)23(3)20(14)26/h4,7,14-15H,5-6,8-11H2,1-3H3,(H,21,22)/t14-,15+/m0/s1. The maximum absolute atomic E-state index is 12.7. The van der Waals surface area contributed by atoms with Gasteiger partial charge in [-0.1, -0.05) is 6.07 Å². The molecule has 138 valence electrons. The first-order valence-corrected chi connectivity index (χ1v) is 9.43. The molecule has 3 saturated heterocycles. The number of hydrogen-bond donors (Lipinski definition) is 1. The number of carbonyl (C=O) groups is 2. The van der Waals surface area contributed by atoms with Crippen LogP contribution in [-0.4, -0.2) is 57.8 Å². The number of fused-ring (bicyclic) bond motifs is 5. The van der Waals surface area contributed by atoms with Gasteiger partial charge in [0.2, 0.25) is 11.8 Å². The highest BCUT2D eigenvalue weighted by Crippen LogP contribution is 2.28. The molecule has 3 aliphatic heterocycles. The van der Waals surface area contributed by atoms with Gasteiger partial charge in [-0.05, 0) is 43.9 Å². The summed E-state index contributed by atoms with van der Waals surface area (Å²) in [6.45, 7) is 5.39. The maximum Gasteiger partial charge on any atom is 0.227 e. The van der Waals surface area contributed by atoms with E-state index in [1.54, 1.807) is 0 Å². The summed E-state index contributed by atoms with van der Waals surface area (Å²) in [5.41, 5.74) is 4.42. The van der Waals surface area contributed by atoms with Crippen LogP contribution in [0, 0.1) is 19.8 Å². The van der Waals surface area contributed by atoms with Gasteiger partial charge in [-0.25, -0.2) is 4.98 Å².